The van der Waals surface area contributed by atoms with Crippen molar-refractivity contribution in [1.82, 2.24) is 0 Å². The lowest BCUT2D eigenvalue weighted by molar-refractivity contribution is 1.63. The first kappa shape index (κ1) is 33.3. The SMILES string of the molecule is Bc1c(B)c(B)c2c(-c3ccc(-c4ccc5ccccc5c4)cc3)c3c(B)c(-c4ccccc4)c(B)c(B)c3c(-c3ccc4ccccc4c3)c2c1B. The third kappa shape index (κ3) is 5.24. The first-order valence-corrected chi connectivity index (χ1v) is 18.9. The number of hydrogen-bond acceptors (Lipinski definition) is 0. The summed E-state index contributed by atoms with van der Waals surface area (Å²) in [6.07, 6.45) is 0. The van der Waals surface area contributed by atoms with E-state index < -0.39 is 0 Å². The van der Waals surface area contributed by atoms with Gasteiger partial charge in [0.15, 0.2) is 0 Å². The molecule has 0 aromatic heterocycles. The van der Waals surface area contributed by atoms with Crippen molar-refractivity contribution in [2.45, 2.75) is 0 Å². The fraction of sp³-hybridized carbons (Fsp3) is 0. The van der Waals surface area contributed by atoms with Crippen LogP contribution in [0.3, 0.4) is 0 Å². The molecular formula is C46H37B7. The highest BCUT2D eigenvalue weighted by atomic mass is 14.3. The van der Waals surface area contributed by atoms with E-state index in [1.165, 1.54) is 126 Å². The average Bonchev–Trinajstić information content (AvgIpc) is 3.20. The first-order chi connectivity index (χ1) is 25.7. The zero-order valence-electron chi connectivity index (χ0n) is 31.8. The third-order valence-corrected chi connectivity index (χ3v) is 12.4. The molecule has 0 bridgehead atoms. The molecule has 0 heterocycles. The highest BCUT2D eigenvalue weighted by Crippen LogP contribution is 2.42. The first-order valence-electron chi connectivity index (χ1n) is 18.9. The molecule has 9 rings (SSSR count). The van der Waals surface area contributed by atoms with Crippen LogP contribution < -0.4 is 38.2 Å². The Bertz CT molecular complexity index is 2950. The monoisotopic (exact) mass is 666 g/mol. The molecule has 0 N–H and O–H groups in total. The average molecular weight is 665 g/mol. The summed E-state index contributed by atoms with van der Waals surface area (Å²) in [6, 6.07) is 51.6. The summed E-state index contributed by atoms with van der Waals surface area (Å²) in [5, 5.41) is 10.5. The molecule has 0 radical (unpaired) electrons. The maximum absolute atomic E-state index is 2.42. The van der Waals surface area contributed by atoms with Crippen LogP contribution in [-0.2, 0) is 0 Å². The predicted molar refractivity (Wildman–Crippen MR) is 255 cm³/mol. The Labute approximate surface area is 318 Å². The highest BCUT2D eigenvalue weighted by Gasteiger charge is 2.26. The predicted octanol–water partition coefficient (Wildman–Crippen LogP) is 0.776. The zero-order valence-corrected chi connectivity index (χ0v) is 31.8. The van der Waals surface area contributed by atoms with Gasteiger partial charge < -0.3 is 0 Å². The summed E-state index contributed by atoms with van der Waals surface area (Å²) in [4.78, 5) is 0. The van der Waals surface area contributed by atoms with Crippen LogP contribution in [0, 0.1) is 0 Å². The third-order valence-electron chi connectivity index (χ3n) is 12.4. The van der Waals surface area contributed by atoms with Crippen LogP contribution in [0.4, 0.5) is 0 Å². The standard InChI is InChI=1S/C46H37B7/c47-40-35(27-10-2-1-3-11-27)41(48)42(49)38-34(32-21-17-25-9-5-7-13-30(25)23-32)39-37(43(50)45(52)46(53)44(39)51)33(36(38)40)28-18-14-26(15-19-28)31-20-16-24-8-4-6-12-29(24)22-31/h1-23H,47-53H2. The van der Waals surface area contributed by atoms with Crippen LogP contribution in [0.25, 0.3) is 87.6 Å². The summed E-state index contributed by atoms with van der Waals surface area (Å²) in [5.41, 5.74) is 19.8. The molecule has 7 heteroatoms. The van der Waals surface area contributed by atoms with Gasteiger partial charge in [0.05, 0.1) is 0 Å². The molecule has 0 aliphatic heterocycles. The van der Waals surface area contributed by atoms with E-state index in [2.05, 4.69) is 194 Å². The van der Waals surface area contributed by atoms with E-state index in [1.807, 2.05) is 0 Å². The molecule has 0 atom stereocenters. The van der Waals surface area contributed by atoms with Gasteiger partial charge in [0, 0.05) is 0 Å². The van der Waals surface area contributed by atoms with E-state index in [-0.39, 0.29) is 0 Å². The molecule has 0 aliphatic carbocycles. The minimum atomic E-state index is 1.23. The largest absolute Gasteiger partial charge is 0.140 e. The second kappa shape index (κ2) is 12.9. The Hall–Kier alpha value is -5.53. The number of benzene rings is 9. The minimum Gasteiger partial charge on any atom is -0.101 e. The van der Waals surface area contributed by atoms with Gasteiger partial charge >= 0.3 is 0 Å². The van der Waals surface area contributed by atoms with Crippen LogP contribution in [0.1, 0.15) is 0 Å². The van der Waals surface area contributed by atoms with Gasteiger partial charge in [-0.15, -0.1) is 10.9 Å². The second-order valence-corrected chi connectivity index (χ2v) is 15.1. The van der Waals surface area contributed by atoms with Gasteiger partial charge in [-0.1, -0.05) is 155 Å². The molecule has 9 aromatic carbocycles. The topological polar surface area (TPSA) is 0 Å². The van der Waals surface area contributed by atoms with Gasteiger partial charge in [-0.2, -0.15) is 0 Å². The second-order valence-electron chi connectivity index (χ2n) is 15.1. The van der Waals surface area contributed by atoms with Crippen LogP contribution in [0.5, 0.6) is 0 Å². The molecule has 0 saturated carbocycles. The van der Waals surface area contributed by atoms with Crippen molar-refractivity contribution in [2.75, 3.05) is 0 Å². The molecular weight excluding hydrogens is 628 g/mol. The zero-order chi connectivity index (χ0) is 36.5. The molecule has 0 unspecified atom stereocenters. The minimum absolute atomic E-state index is 1.23. The Morgan fingerprint density at radius 2 is 0.604 bits per heavy atom. The van der Waals surface area contributed by atoms with Crippen molar-refractivity contribution in [2.24, 2.45) is 0 Å². The summed E-state index contributed by atoms with van der Waals surface area (Å²) in [6.45, 7) is 0. The van der Waals surface area contributed by atoms with Gasteiger partial charge in [-0.25, -0.2) is 0 Å². The van der Waals surface area contributed by atoms with Gasteiger partial charge in [-0.05, 0) is 99.7 Å². The Kier molecular flexibility index (Phi) is 8.08. The Morgan fingerprint density at radius 1 is 0.226 bits per heavy atom. The van der Waals surface area contributed by atoms with Crippen molar-refractivity contribution >= 4 is 136 Å². The summed E-state index contributed by atoms with van der Waals surface area (Å²) < 4.78 is 0. The maximum Gasteiger partial charge on any atom is 0.140 e. The molecule has 0 fully saturated rings. The van der Waals surface area contributed by atoms with Crippen LogP contribution in [-0.4, -0.2) is 54.9 Å². The van der Waals surface area contributed by atoms with Gasteiger partial charge in [-0.3, -0.25) is 0 Å². The molecule has 0 spiro atoms. The molecule has 53 heavy (non-hydrogen) atoms. The lowest BCUT2D eigenvalue weighted by atomic mass is 9.60. The molecule has 0 aliphatic rings. The summed E-state index contributed by atoms with van der Waals surface area (Å²) in [5.74, 6) is 0. The Balaban J connectivity index is 1.45. The fourth-order valence-electron chi connectivity index (χ4n) is 9.13. The van der Waals surface area contributed by atoms with E-state index >= 15 is 0 Å². The van der Waals surface area contributed by atoms with Crippen molar-refractivity contribution in [3.63, 3.8) is 0 Å². The van der Waals surface area contributed by atoms with E-state index in [0.29, 0.717) is 0 Å². The highest BCUT2D eigenvalue weighted by molar-refractivity contribution is 6.69. The Morgan fingerprint density at radius 3 is 1.17 bits per heavy atom. The van der Waals surface area contributed by atoms with Gasteiger partial charge in [0.1, 0.15) is 54.9 Å². The smallest absolute Gasteiger partial charge is 0.101 e. The summed E-state index contributed by atoms with van der Waals surface area (Å²) >= 11 is 0. The molecule has 242 valence electrons. The fourth-order valence-corrected chi connectivity index (χ4v) is 9.13. The molecule has 9 aromatic rings. The maximum atomic E-state index is 2.42. The van der Waals surface area contributed by atoms with E-state index in [0.717, 1.165) is 0 Å². The lowest BCUT2D eigenvalue weighted by Crippen LogP contribution is -2.48. The number of fused-ring (bicyclic) bond motifs is 4. The van der Waals surface area contributed by atoms with Gasteiger partial charge in [0.25, 0.3) is 0 Å². The van der Waals surface area contributed by atoms with Crippen LogP contribution in [0.15, 0.2) is 140 Å². The lowest BCUT2D eigenvalue weighted by Gasteiger charge is -2.28. The quantitative estimate of drug-likeness (QED) is 0.193. The van der Waals surface area contributed by atoms with Crippen molar-refractivity contribution in [3.8, 4) is 44.5 Å². The number of rotatable bonds is 4. The van der Waals surface area contributed by atoms with E-state index in [9.17, 15) is 0 Å². The van der Waals surface area contributed by atoms with Crippen molar-refractivity contribution in [1.29, 1.82) is 0 Å². The van der Waals surface area contributed by atoms with Crippen molar-refractivity contribution < 1.29 is 0 Å². The van der Waals surface area contributed by atoms with Crippen molar-refractivity contribution in [3.05, 3.63) is 140 Å². The normalized spacial score (nSPS) is 11.5. The van der Waals surface area contributed by atoms with E-state index in [1.54, 1.807) is 0 Å². The molecule has 0 amide bonds. The van der Waals surface area contributed by atoms with Gasteiger partial charge in [0.2, 0.25) is 0 Å². The molecule has 0 nitrogen and oxygen atoms in total. The van der Waals surface area contributed by atoms with E-state index in [4.69, 9.17) is 0 Å². The summed E-state index contributed by atoms with van der Waals surface area (Å²) in [7, 11) is 16.4. The number of hydrogen-bond donors (Lipinski definition) is 0. The van der Waals surface area contributed by atoms with Crippen LogP contribution in [0.2, 0.25) is 0 Å². The van der Waals surface area contributed by atoms with Crippen LogP contribution >= 0.6 is 0 Å². The molecule has 0 saturated heterocycles.